The molecule has 0 aromatic heterocycles. The number of imide groups is 1. The molecular weight excluding hydrogens is 284 g/mol. The first-order valence-electron chi connectivity index (χ1n) is 6.05. The van der Waals surface area contributed by atoms with Crippen molar-refractivity contribution in [2.75, 3.05) is 13.1 Å². The van der Waals surface area contributed by atoms with E-state index in [-0.39, 0.29) is 6.54 Å². The van der Waals surface area contributed by atoms with Crippen molar-refractivity contribution < 1.29 is 19.1 Å². The third kappa shape index (κ3) is 3.08. The molecule has 6 nitrogen and oxygen atoms in total. The lowest BCUT2D eigenvalue weighted by atomic mass is 10.2. The Bertz CT molecular complexity index is 544. The summed E-state index contributed by atoms with van der Waals surface area (Å²) in [6.45, 7) is 2.12. The number of carbonyl (C=O) groups excluding carboxylic acids is 3. The van der Waals surface area contributed by atoms with Crippen molar-refractivity contribution in [1.82, 2.24) is 10.2 Å². The lowest BCUT2D eigenvalue weighted by Crippen LogP contribution is -2.41. The zero-order valence-corrected chi connectivity index (χ0v) is 11.5. The van der Waals surface area contributed by atoms with Gasteiger partial charge in [0, 0.05) is 18.1 Å². The van der Waals surface area contributed by atoms with Gasteiger partial charge in [-0.05, 0) is 31.2 Å². The first-order valence-corrected chi connectivity index (χ1v) is 6.42. The van der Waals surface area contributed by atoms with Crippen molar-refractivity contribution in [3.63, 3.8) is 0 Å². The second-order valence-electron chi connectivity index (χ2n) is 4.28. The zero-order chi connectivity index (χ0) is 14.7. The fraction of sp³-hybridized carbons (Fsp3) is 0.308. The minimum absolute atomic E-state index is 0.278. The summed E-state index contributed by atoms with van der Waals surface area (Å²) in [4.78, 5) is 36.2. The largest absolute Gasteiger partial charge is 0.449 e. The molecule has 0 saturated carbocycles. The minimum Gasteiger partial charge on any atom is -0.449 e. The first-order chi connectivity index (χ1) is 9.49. The lowest BCUT2D eigenvalue weighted by molar-refractivity contribution is -0.136. The Hall–Kier alpha value is -2.08. The van der Waals surface area contributed by atoms with Crippen molar-refractivity contribution in [1.29, 1.82) is 0 Å². The molecule has 20 heavy (non-hydrogen) atoms. The molecule has 1 aliphatic rings. The van der Waals surface area contributed by atoms with Gasteiger partial charge < -0.3 is 10.1 Å². The molecule has 1 N–H and O–H groups in total. The number of hydrogen-bond donors (Lipinski definition) is 1. The Labute approximate surface area is 120 Å². The highest BCUT2D eigenvalue weighted by Gasteiger charge is 2.31. The molecule has 3 amide bonds. The summed E-state index contributed by atoms with van der Waals surface area (Å²) in [7, 11) is 0. The van der Waals surface area contributed by atoms with E-state index in [1.54, 1.807) is 12.1 Å². The van der Waals surface area contributed by atoms with Crippen LogP contribution in [-0.2, 0) is 9.53 Å². The van der Waals surface area contributed by atoms with Gasteiger partial charge in [0.2, 0.25) is 0 Å². The SMILES string of the molecule is CC(OC(=O)c1ccc(Cl)cc1)C(=O)N1CCNC1=O. The van der Waals surface area contributed by atoms with Crippen molar-refractivity contribution in [2.45, 2.75) is 13.0 Å². The number of halogens is 1. The monoisotopic (exact) mass is 296 g/mol. The average molecular weight is 297 g/mol. The molecule has 1 atom stereocenters. The number of benzene rings is 1. The van der Waals surface area contributed by atoms with Crippen LogP contribution >= 0.6 is 11.6 Å². The van der Waals surface area contributed by atoms with E-state index in [0.29, 0.717) is 17.1 Å². The molecule has 2 rings (SSSR count). The molecule has 0 spiro atoms. The van der Waals surface area contributed by atoms with Gasteiger partial charge in [-0.1, -0.05) is 11.6 Å². The van der Waals surface area contributed by atoms with Gasteiger partial charge in [-0.15, -0.1) is 0 Å². The van der Waals surface area contributed by atoms with E-state index in [1.807, 2.05) is 0 Å². The van der Waals surface area contributed by atoms with E-state index < -0.39 is 24.0 Å². The molecule has 1 fully saturated rings. The van der Waals surface area contributed by atoms with Crippen molar-refractivity contribution in [3.05, 3.63) is 34.9 Å². The number of ether oxygens (including phenoxy) is 1. The summed E-state index contributed by atoms with van der Waals surface area (Å²) in [5.41, 5.74) is 0.292. The van der Waals surface area contributed by atoms with Gasteiger partial charge in [0.05, 0.1) is 5.56 Å². The van der Waals surface area contributed by atoms with E-state index in [1.165, 1.54) is 19.1 Å². The summed E-state index contributed by atoms with van der Waals surface area (Å²) in [5, 5.41) is 3.01. The highest BCUT2D eigenvalue weighted by Crippen LogP contribution is 2.12. The average Bonchev–Trinajstić information content (AvgIpc) is 2.84. The van der Waals surface area contributed by atoms with Gasteiger partial charge in [0.1, 0.15) is 0 Å². The van der Waals surface area contributed by atoms with Crippen LogP contribution in [0.15, 0.2) is 24.3 Å². The van der Waals surface area contributed by atoms with E-state index in [2.05, 4.69) is 5.32 Å². The van der Waals surface area contributed by atoms with Crippen LogP contribution in [0.1, 0.15) is 17.3 Å². The number of nitrogens with zero attached hydrogens (tertiary/aromatic N) is 1. The summed E-state index contributed by atoms with van der Waals surface area (Å²) in [6, 6.07) is 5.65. The zero-order valence-electron chi connectivity index (χ0n) is 10.8. The van der Waals surface area contributed by atoms with E-state index in [0.717, 1.165) is 4.90 Å². The van der Waals surface area contributed by atoms with Gasteiger partial charge >= 0.3 is 12.0 Å². The van der Waals surface area contributed by atoms with E-state index in [9.17, 15) is 14.4 Å². The maximum Gasteiger partial charge on any atom is 0.338 e. The van der Waals surface area contributed by atoms with Gasteiger partial charge in [-0.25, -0.2) is 9.59 Å². The number of esters is 1. The Morgan fingerprint density at radius 3 is 2.55 bits per heavy atom. The standard InChI is InChI=1S/C13H13ClN2O4/c1-8(11(17)16-7-6-15-13(16)19)20-12(18)9-2-4-10(14)5-3-9/h2-5,8H,6-7H2,1H3,(H,15,19). The Kier molecular flexibility index (Phi) is 4.24. The summed E-state index contributed by atoms with van der Waals surface area (Å²) in [6.07, 6.45) is -1.03. The third-order valence-corrected chi connectivity index (χ3v) is 3.09. The van der Waals surface area contributed by atoms with Crippen molar-refractivity contribution in [3.8, 4) is 0 Å². The first kappa shape index (κ1) is 14.3. The second kappa shape index (κ2) is 5.92. The molecule has 1 unspecified atom stereocenters. The molecule has 1 heterocycles. The van der Waals surface area contributed by atoms with Crippen molar-refractivity contribution >= 4 is 29.5 Å². The topological polar surface area (TPSA) is 75.7 Å². The second-order valence-corrected chi connectivity index (χ2v) is 4.71. The quantitative estimate of drug-likeness (QED) is 0.856. The van der Waals surface area contributed by atoms with Crippen molar-refractivity contribution in [2.24, 2.45) is 0 Å². The number of carbonyl (C=O) groups is 3. The maximum atomic E-state index is 11.9. The van der Waals surface area contributed by atoms with Crippen LogP contribution in [0.25, 0.3) is 0 Å². The van der Waals surface area contributed by atoms with Gasteiger partial charge in [0.25, 0.3) is 5.91 Å². The predicted octanol–water partition coefficient (Wildman–Crippen LogP) is 1.44. The Balaban J connectivity index is 1.98. The van der Waals surface area contributed by atoms with Gasteiger partial charge in [0.15, 0.2) is 6.10 Å². The normalized spacial score (nSPS) is 15.7. The van der Waals surface area contributed by atoms with Crippen LogP contribution < -0.4 is 5.32 Å². The number of amides is 3. The van der Waals surface area contributed by atoms with Crippen LogP contribution in [0.4, 0.5) is 4.79 Å². The molecule has 1 saturated heterocycles. The van der Waals surface area contributed by atoms with Gasteiger partial charge in [-0.2, -0.15) is 0 Å². The molecule has 0 radical (unpaired) electrons. The van der Waals surface area contributed by atoms with Crippen LogP contribution in [0, 0.1) is 0 Å². The van der Waals surface area contributed by atoms with Crippen LogP contribution in [0.3, 0.4) is 0 Å². The van der Waals surface area contributed by atoms with Gasteiger partial charge in [-0.3, -0.25) is 9.69 Å². The molecule has 1 aliphatic heterocycles. The minimum atomic E-state index is -1.03. The van der Waals surface area contributed by atoms with Crippen LogP contribution in [0.5, 0.6) is 0 Å². The fourth-order valence-electron chi connectivity index (χ4n) is 1.77. The van der Waals surface area contributed by atoms with E-state index >= 15 is 0 Å². The Morgan fingerprint density at radius 1 is 1.35 bits per heavy atom. The molecule has 106 valence electrons. The molecule has 1 aromatic carbocycles. The lowest BCUT2D eigenvalue weighted by Gasteiger charge is -2.18. The molecule has 0 aliphatic carbocycles. The third-order valence-electron chi connectivity index (χ3n) is 2.83. The maximum absolute atomic E-state index is 11.9. The molecule has 0 bridgehead atoms. The summed E-state index contributed by atoms with van der Waals surface area (Å²) < 4.78 is 5.05. The van der Waals surface area contributed by atoms with Crippen LogP contribution in [-0.4, -0.2) is 42.0 Å². The number of hydrogen-bond acceptors (Lipinski definition) is 4. The number of rotatable bonds is 3. The number of nitrogens with one attached hydrogen (secondary N) is 1. The van der Waals surface area contributed by atoms with Crippen LogP contribution in [0.2, 0.25) is 5.02 Å². The van der Waals surface area contributed by atoms with E-state index in [4.69, 9.17) is 16.3 Å². The fourth-order valence-corrected chi connectivity index (χ4v) is 1.89. The summed E-state index contributed by atoms with van der Waals surface area (Å²) >= 11 is 5.72. The molecular formula is C13H13ClN2O4. The highest BCUT2D eigenvalue weighted by atomic mass is 35.5. The smallest absolute Gasteiger partial charge is 0.338 e. The summed E-state index contributed by atoms with van der Waals surface area (Å²) in [5.74, 6) is -1.18. The molecule has 7 heteroatoms. The predicted molar refractivity (Wildman–Crippen MR) is 71.4 cm³/mol. The number of urea groups is 1. The molecule has 1 aromatic rings. The highest BCUT2D eigenvalue weighted by molar-refractivity contribution is 6.30. The Morgan fingerprint density at radius 2 is 2.00 bits per heavy atom.